The Labute approximate surface area is 217 Å². The van der Waals surface area contributed by atoms with Crippen LogP contribution < -0.4 is 15.0 Å². The Morgan fingerprint density at radius 1 is 1.24 bits per heavy atom. The number of carbonyl (C=O) groups is 1. The van der Waals surface area contributed by atoms with E-state index in [0.717, 1.165) is 4.68 Å². The molecule has 13 heteroatoms. The van der Waals surface area contributed by atoms with E-state index in [1.54, 1.807) is 33.0 Å². The molecule has 0 unspecified atom stereocenters. The zero-order valence-electron chi connectivity index (χ0n) is 21.4. The first-order chi connectivity index (χ1) is 17.9. The molecule has 38 heavy (non-hydrogen) atoms. The number of aromatic nitrogens is 4. The Kier molecular flexibility index (Phi) is 7.46. The molecule has 0 fully saturated rings. The molecule has 3 aromatic heterocycles. The molecule has 1 aliphatic rings. The number of pyridine rings is 2. The van der Waals surface area contributed by atoms with Crippen LogP contribution in [-0.2, 0) is 18.6 Å². The Bertz CT molecular complexity index is 1340. The number of carbonyl (C=O) groups excluding carboxylic acids is 1. The molecule has 0 saturated heterocycles. The lowest BCUT2D eigenvalue weighted by atomic mass is 9.96. The van der Waals surface area contributed by atoms with Crippen molar-refractivity contribution >= 4 is 11.6 Å². The van der Waals surface area contributed by atoms with E-state index < -0.39 is 24.4 Å². The number of ether oxygens (including phenoxy) is 1. The summed E-state index contributed by atoms with van der Waals surface area (Å²) in [6.45, 7) is 4.20. The minimum absolute atomic E-state index is 0.172. The minimum atomic E-state index is -4.44. The maximum atomic E-state index is 13.5. The largest absolute Gasteiger partial charge is 0.481 e. The second-order valence-corrected chi connectivity index (χ2v) is 9.62. The number of fused-ring (bicyclic) bond motifs is 1. The molecule has 0 aromatic carbocycles. The van der Waals surface area contributed by atoms with Crippen molar-refractivity contribution in [3.05, 3.63) is 53.1 Å². The molecule has 0 radical (unpaired) electrons. The van der Waals surface area contributed by atoms with Crippen molar-refractivity contribution in [1.82, 2.24) is 25.1 Å². The monoisotopic (exact) mass is 534 g/mol. The van der Waals surface area contributed by atoms with Crippen molar-refractivity contribution in [3.63, 3.8) is 0 Å². The lowest BCUT2D eigenvalue weighted by Crippen LogP contribution is -2.39. The van der Waals surface area contributed by atoms with Crippen molar-refractivity contribution < 1.29 is 32.9 Å². The normalized spacial score (nSPS) is 15.6. The summed E-state index contributed by atoms with van der Waals surface area (Å²) in [6.07, 6.45) is -1.30. The van der Waals surface area contributed by atoms with E-state index >= 15 is 0 Å². The molecule has 4 rings (SSSR count). The number of halogens is 3. The molecule has 3 N–H and O–H groups in total. The van der Waals surface area contributed by atoms with E-state index in [4.69, 9.17) is 14.8 Å². The van der Waals surface area contributed by atoms with Crippen LogP contribution in [0.25, 0.3) is 11.3 Å². The standard InChI is InChI=1S/C25H29F3N6O4/c1-14-5-19(15-6-16(22(38-4)30-8-15)7-29-10-18(36)12-35)32-21-20(14)23(37)34(24(21,2)3)17-9-31-33(11-17)13-25(26,27)28/h5-6,8-9,11,18,29,35-36H,7,10,12-13H2,1-4H3/t18-/m1/s1. The summed E-state index contributed by atoms with van der Waals surface area (Å²) >= 11 is 0. The van der Waals surface area contributed by atoms with Gasteiger partial charge >= 0.3 is 6.18 Å². The van der Waals surface area contributed by atoms with Crippen molar-refractivity contribution in [3.8, 4) is 17.1 Å². The SMILES string of the molecule is COc1ncc(-c2cc(C)c3c(n2)C(C)(C)N(c2cnn(CC(F)(F)F)c2)C3=O)cc1CNC[C@@H](O)CO. The fourth-order valence-electron chi connectivity index (χ4n) is 4.57. The van der Waals surface area contributed by atoms with Crippen molar-refractivity contribution in [2.24, 2.45) is 0 Å². The predicted molar refractivity (Wildman–Crippen MR) is 132 cm³/mol. The molecule has 10 nitrogen and oxygen atoms in total. The predicted octanol–water partition coefficient (Wildman–Crippen LogP) is 2.56. The molecule has 0 spiro atoms. The van der Waals surface area contributed by atoms with E-state index in [2.05, 4.69) is 15.4 Å². The van der Waals surface area contributed by atoms with Gasteiger partial charge in [-0.3, -0.25) is 14.4 Å². The molecular formula is C25H29F3N6O4. The van der Waals surface area contributed by atoms with Crippen LogP contribution in [0, 0.1) is 6.92 Å². The van der Waals surface area contributed by atoms with Crippen LogP contribution in [0.15, 0.2) is 30.7 Å². The molecule has 204 valence electrons. The molecule has 3 aromatic rings. The Morgan fingerprint density at radius 2 is 1.97 bits per heavy atom. The summed E-state index contributed by atoms with van der Waals surface area (Å²) in [6, 6.07) is 3.60. The van der Waals surface area contributed by atoms with Crippen molar-refractivity contribution in [2.75, 3.05) is 25.2 Å². The lowest BCUT2D eigenvalue weighted by molar-refractivity contribution is -0.142. The number of hydrogen-bond donors (Lipinski definition) is 3. The Balaban J connectivity index is 1.68. The number of nitrogens with zero attached hydrogens (tertiary/aromatic N) is 5. The summed E-state index contributed by atoms with van der Waals surface area (Å²) < 4.78 is 44.6. The summed E-state index contributed by atoms with van der Waals surface area (Å²) in [4.78, 5) is 24.0. The highest BCUT2D eigenvalue weighted by molar-refractivity contribution is 6.12. The van der Waals surface area contributed by atoms with Crippen molar-refractivity contribution in [2.45, 2.75) is 51.7 Å². The molecule has 0 aliphatic carbocycles. The second-order valence-electron chi connectivity index (χ2n) is 9.62. The van der Waals surface area contributed by atoms with E-state index in [0.29, 0.717) is 46.1 Å². The quantitative estimate of drug-likeness (QED) is 0.383. The van der Waals surface area contributed by atoms with Crippen LogP contribution in [0.1, 0.15) is 41.0 Å². The third-order valence-electron chi connectivity index (χ3n) is 6.31. The number of anilines is 1. The number of amides is 1. The van der Waals surface area contributed by atoms with E-state index in [1.165, 1.54) is 24.4 Å². The molecule has 0 bridgehead atoms. The van der Waals surface area contributed by atoms with Gasteiger partial charge in [-0.05, 0) is 38.5 Å². The average molecular weight is 535 g/mol. The van der Waals surface area contributed by atoms with Gasteiger partial charge < -0.3 is 20.3 Å². The van der Waals surface area contributed by atoms with Crippen LogP contribution in [0.5, 0.6) is 5.88 Å². The van der Waals surface area contributed by atoms with Crippen LogP contribution in [0.3, 0.4) is 0 Å². The number of aryl methyl sites for hydroxylation is 1. The summed E-state index contributed by atoms with van der Waals surface area (Å²) in [5, 5.41) is 25.4. The zero-order chi connectivity index (χ0) is 27.8. The molecule has 1 amide bonds. The van der Waals surface area contributed by atoms with Crippen LogP contribution in [0.4, 0.5) is 18.9 Å². The van der Waals surface area contributed by atoms with Gasteiger partial charge in [0.25, 0.3) is 5.91 Å². The molecule has 1 aliphatic heterocycles. The van der Waals surface area contributed by atoms with Gasteiger partial charge in [0, 0.05) is 36.6 Å². The number of alkyl halides is 3. The first kappa shape index (κ1) is 27.5. The summed E-state index contributed by atoms with van der Waals surface area (Å²) in [7, 11) is 1.49. The fraction of sp³-hybridized carbons (Fsp3) is 0.440. The number of aliphatic hydroxyl groups excluding tert-OH is 2. The Hall–Kier alpha value is -3.55. The molecular weight excluding hydrogens is 505 g/mol. The van der Waals surface area contributed by atoms with Gasteiger partial charge in [0.2, 0.25) is 5.88 Å². The zero-order valence-corrected chi connectivity index (χ0v) is 21.4. The lowest BCUT2D eigenvalue weighted by Gasteiger charge is -2.30. The highest BCUT2D eigenvalue weighted by Gasteiger charge is 2.47. The topological polar surface area (TPSA) is 126 Å². The van der Waals surface area contributed by atoms with Gasteiger partial charge in [0.1, 0.15) is 6.54 Å². The number of nitrogens with one attached hydrogen (secondary N) is 1. The smallest absolute Gasteiger partial charge is 0.408 e. The number of hydrogen-bond acceptors (Lipinski definition) is 8. The van der Waals surface area contributed by atoms with Crippen molar-refractivity contribution in [1.29, 1.82) is 0 Å². The first-order valence-corrected chi connectivity index (χ1v) is 11.8. The Morgan fingerprint density at radius 3 is 2.63 bits per heavy atom. The maximum absolute atomic E-state index is 13.5. The van der Waals surface area contributed by atoms with Crippen LogP contribution >= 0.6 is 0 Å². The summed E-state index contributed by atoms with van der Waals surface area (Å²) in [5.74, 6) is 0.0171. The van der Waals surface area contributed by atoms with E-state index in [1.807, 2.05) is 6.07 Å². The van der Waals surface area contributed by atoms with Gasteiger partial charge in [0.05, 0.1) is 54.2 Å². The van der Waals surface area contributed by atoms with Gasteiger partial charge in [-0.1, -0.05) is 0 Å². The fourth-order valence-corrected chi connectivity index (χ4v) is 4.57. The molecule has 0 saturated carbocycles. The second kappa shape index (κ2) is 10.3. The minimum Gasteiger partial charge on any atom is -0.481 e. The maximum Gasteiger partial charge on any atom is 0.408 e. The number of aliphatic hydroxyl groups is 2. The van der Waals surface area contributed by atoms with Gasteiger partial charge in [0.15, 0.2) is 0 Å². The van der Waals surface area contributed by atoms with Crippen LogP contribution in [-0.4, -0.2) is 68.4 Å². The van der Waals surface area contributed by atoms with E-state index in [-0.39, 0.29) is 24.7 Å². The molecule has 4 heterocycles. The third kappa shape index (κ3) is 5.35. The highest BCUT2D eigenvalue weighted by atomic mass is 19.4. The van der Waals surface area contributed by atoms with Gasteiger partial charge in [-0.25, -0.2) is 9.97 Å². The average Bonchev–Trinajstić information content (AvgIpc) is 3.36. The third-order valence-corrected chi connectivity index (χ3v) is 6.31. The highest BCUT2D eigenvalue weighted by Crippen LogP contribution is 2.43. The van der Waals surface area contributed by atoms with Gasteiger partial charge in [-0.15, -0.1) is 0 Å². The first-order valence-electron chi connectivity index (χ1n) is 11.8. The van der Waals surface area contributed by atoms with Gasteiger partial charge in [-0.2, -0.15) is 18.3 Å². The summed E-state index contributed by atoms with van der Waals surface area (Å²) in [5.41, 5.74) is 2.74. The number of methoxy groups -OCH3 is 1. The van der Waals surface area contributed by atoms with E-state index in [9.17, 15) is 23.1 Å². The van der Waals surface area contributed by atoms with Crippen LogP contribution in [0.2, 0.25) is 0 Å². The number of rotatable bonds is 9. The molecule has 1 atom stereocenters.